The summed E-state index contributed by atoms with van der Waals surface area (Å²) in [5.41, 5.74) is 3.23. The van der Waals surface area contributed by atoms with Crippen LogP contribution in [0.15, 0.2) is 59.5 Å². The van der Waals surface area contributed by atoms with E-state index in [-0.39, 0.29) is 5.91 Å². The van der Waals surface area contributed by atoms with Crippen LogP contribution in [0.1, 0.15) is 36.0 Å². The van der Waals surface area contributed by atoms with E-state index in [0.717, 1.165) is 47.8 Å². The highest BCUT2D eigenvalue weighted by molar-refractivity contribution is 7.98. The molecule has 1 aliphatic rings. The van der Waals surface area contributed by atoms with Crippen LogP contribution in [0.2, 0.25) is 0 Å². The quantitative estimate of drug-likeness (QED) is 0.407. The van der Waals surface area contributed by atoms with Crippen molar-refractivity contribution >= 4 is 34.7 Å². The van der Waals surface area contributed by atoms with E-state index in [0.29, 0.717) is 30.5 Å². The number of carboxylic acid groups (broad SMARTS) is 1. The Labute approximate surface area is 198 Å². The van der Waals surface area contributed by atoms with Crippen molar-refractivity contribution < 1.29 is 14.7 Å². The molecular weight excluding hydrogens is 434 g/mol. The number of benzene rings is 2. The summed E-state index contributed by atoms with van der Waals surface area (Å²) in [4.78, 5) is 29.9. The fourth-order valence-electron chi connectivity index (χ4n) is 4.48. The number of aromatic nitrogens is 1. The molecule has 0 radical (unpaired) electrons. The molecule has 1 aliphatic carbocycles. The predicted octanol–water partition coefficient (Wildman–Crippen LogP) is 5.43. The van der Waals surface area contributed by atoms with Gasteiger partial charge in [0.15, 0.2) is 0 Å². The second-order valence-corrected chi connectivity index (χ2v) is 9.46. The lowest BCUT2D eigenvalue weighted by atomic mass is 9.82. The highest BCUT2D eigenvalue weighted by Crippen LogP contribution is 2.29. The highest BCUT2D eigenvalue weighted by Gasteiger charge is 2.22. The van der Waals surface area contributed by atoms with Crippen LogP contribution in [-0.2, 0) is 0 Å². The first-order valence-electron chi connectivity index (χ1n) is 11.3. The third kappa shape index (κ3) is 5.85. The third-order valence-corrected chi connectivity index (χ3v) is 7.15. The number of nitrogens with zero attached hydrogens (tertiary/aromatic N) is 1. The third-order valence-electron chi connectivity index (χ3n) is 6.41. The summed E-state index contributed by atoms with van der Waals surface area (Å²) < 4.78 is 0. The number of hydrogen-bond acceptors (Lipinski definition) is 4. The number of amides is 2. The molecule has 1 heterocycles. The molecule has 0 unspecified atom stereocenters. The Kier molecular flexibility index (Phi) is 7.50. The monoisotopic (exact) mass is 463 g/mol. The summed E-state index contributed by atoms with van der Waals surface area (Å²) in [6, 6.07) is 17.9. The number of hydrogen-bond donors (Lipinski definition) is 3. The van der Waals surface area contributed by atoms with Crippen molar-refractivity contribution in [3.05, 3.63) is 60.2 Å². The Balaban J connectivity index is 1.46. The lowest BCUT2D eigenvalue weighted by Gasteiger charge is -2.28. The molecule has 0 atom stereocenters. The number of rotatable bonds is 7. The second-order valence-electron chi connectivity index (χ2n) is 8.58. The van der Waals surface area contributed by atoms with Crippen LogP contribution >= 0.6 is 11.8 Å². The van der Waals surface area contributed by atoms with E-state index >= 15 is 0 Å². The molecule has 4 rings (SSSR count). The zero-order chi connectivity index (χ0) is 23.2. The lowest BCUT2D eigenvalue weighted by molar-refractivity contribution is 0.0942. The van der Waals surface area contributed by atoms with Gasteiger partial charge in [-0.05, 0) is 68.0 Å². The molecule has 2 amide bonds. The van der Waals surface area contributed by atoms with Crippen LogP contribution in [0, 0.1) is 11.8 Å². The van der Waals surface area contributed by atoms with E-state index < -0.39 is 6.09 Å². The van der Waals surface area contributed by atoms with Crippen LogP contribution < -0.4 is 10.6 Å². The van der Waals surface area contributed by atoms with Gasteiger partial charge in [-0.3, -0.25) is 4.79 Å². The van der Waals surface area contributed by atoms with Crippen molar-refractivity contribution in [3.8, 4) is 11.3 Å². The average molecular weight is 464 g/mol. The second kappa shape index (κ2) is 10.7. The minimum absolute atomic E-state index is 0.0785. The van der Waals surface area contributed by atoms with Crippen molar-refractivity contribution in [2.75, 3.05) is 19.3 Å². The van der Waals surface area contributed by atoms with E-state index in [1.165, 1.54) is 4.90 Å². The molecule has 0 aliphatic heterocycles. The van der Waals surface area contributed by atoms with Crippen molar-refractivity contribution in [1.29, 1.82) is 0 Å². The number of nitrogens with one attached hydrogen (secondary N) is 2. The maximum absolute atomic E-state index is 13.2. The van der Waals surface area contributed by atoms with Gasteiger partial charge in [0.05, 0.1) is 16.8 Å². The summed E-state index contributed by atoms with van der Waals surface area (Å²) in [6.45, 7) is 1.14. The van der Waals surface area contributed by atoms with Crippen molar-refractivity contribution in [2.45, 2.75) is 30.6 Å². The SMILES string of the molecule is CSc1ccc(-c2cc(C(=O)NCC3CCC(CNC(=O)O)CC3)c3ccccc3n2)cc1. The molecule has 0 spiro atoms. The van der Waals surface area contributed by atoms with Crippen LogP contribution in [-0.4, -0.2) is 41.4 Å². The van der Waals surface area contributed by atoms with Crippen molar-refractivity contribution in [2.24, 2.45) is 11.8 Å². The van der Waals surface area contributed by atoms with E-state index in [9.17, 15) is 9.59 Å². The summed E-state index contributed by atoms with van der Waals surface area (Å²) in [7, 11) is 0. The Bertz CT molecular complexity index is 1130. The van der Waals surface area contributed by atoms with Gasteiger partial charge in [-0.1, -0.05) is 30.3 Å². The van der Waals surface area contributed by atoms with Crippen molar-refractivity contribution in [1.82, 2.24) is 15.6 Å². The topological polar surface area (TPSA) is 91.3 Å². The Morgan fingerprint density at radius 2 is 1.61 bits per heavy atom. The number of fused-ring (bicyclic) bond motifs is 1. The molecule has 7 heteroatoms. The fourth-order valence-corrected chi connectivity index (χ4v) is 4.88. The first kappa shape index (κ1) is 23.1. The fraction of sp³-hybridized carbons (Fsp3) is 0.346. The number of carbonyl (C=O) groups is 2. The van der Waals surface area contributed by atoms with E-state index in [1.807, 2.05) is 48.7 Å². The van der Waals surface area contributed by atoms with Gasteiger partial charge < -0.3 is 15.7 Å². The van der Waals surface area contributed by atoms with Crippen LogP contribution in [0.5, 0.6) is 0 Å². The molecule has 33 heavy (non-hydrogen) atoms. The van der Waals surface area contributed by atoms with Crippen LogP contribution in [0.25, 0.3) is 22.2 Å². The Hall–Kier alpha value is -3.06. The molecule has 1 aromatic heterocycles. The molecule has 0 saturated heterocycles. The summed E-state index contributed by atoms with van der Waals surface area (Å²) in [5.74, 6) is 0.726. The Morgan fingerprint density at radius 3 is 2.24 bits per heavy atom. The van der Waals surface area contributed by atoms with Gasteiger partial charge in [0.25, 0.3) is 5.91 Å². The number of pyridine rings is 1. The summed E-state index contributed by atoms with van der Waals surface area (Å²) >= 11 is 1.69. The molecule has 2 aromatic carbocycles. The normalized spacial score (nSPS) is 18.1. The van der Waals surface area contributed by atoms with Gasteiger partial charge in [0, 0.05) is 28.9 Å². The maximum Gasteiger partial charge on any atom is 0.404 e. The van der Waals surface area contributed by atoms with E-state index in [4.69, 9.17) is 10.1 Å². The number of para-hydroxylation sites is 1. The molecule has 0 bridgehead atoms. The van der Waals surface area contributed by atoms with Crippen molar-refractivity contribution in [3.63, 3.8) is 0 Å². The predicted molar refractivity (Wildman–Crippen MR) is 133 cm³/mol. The minimum Gasteiger partial charge on any atom is -0.465 e. The summed E-state index contributed by atoms with van der Waals surface area (Å²) in [5, 5.41) is 15.3. The van der Waals surface area contributed by atoms with Gasteiger partial charge in [-0.15, -0.1) is 11.8 Å². The lowest BCUT2D eigenvalue weighted by Crippen LogP contribution is -2.34. The smallest absolute Gasteiger partial charge is 0.404 e. The van der Waals surface area contributed by atoms with Gasteiger partial charge in [0.1, 0.15) is 0 Å². The first-order chi connectivity index (χ1) is 16.0. The van der Waals surface area contributed by atoms with Gasteiger partial charge in [-0.25, -0.2) is 9.78 Å². The number of carbonyl (C=O) groups excluding carboxylic acids is 1. The average Bonchev–Trinajstić information content (AvgIpc) is 2.86. The molecule has 1 saturated carbocycles. The molecular formula is C26H29N3O3S. The zero-order valence-corrected chi connectivity index (χ0v) is 19.5. The first-order valence-corrected chi connectivity index (χ1v) is 12.5. The summed E-state index contributed by atoms with van der Waals surface area (Å²) in [6.07, 6.45) is 5.04. The van der Waals surface area contributed by atoms with E-state index in [2.05, 4.69) is 22.8 Å². The van der Waals surface area contributed by atoms with Gasteiger partial charge >= 0.3 is 6.09 Å². The largest absolute Gasteiger partial charge is 0.465 e. The molecule has 172 valence electrons. The van der Waals surface area contributed by atoms with Gasteiger partial charge in [-0.2, -0.15) is 0 Å². The number of thioether (sulfide) groups is 1. The maximum atomic E-state index is 13.2. The zero-order valence-electron chi connectivity index (χ0n) is 18.7. The minimum atomic E-state index is -0.964. The standard InChI is InChI=1S/C26H29N3O3S/c1-33-20-12-10-19(11-13-20)24-14-22(21-4-2-3-5-23(21)29-24)25(30)27-15-17-6-8-18(9-7-17)16-28-26(31)32/h2-5,10-14,17-18,28H,6-9,15-16H2,1H3,(H,27,30)(H,31,32). The highest BCUT2D eigenvalue weighted by atomic mass is 32.2. The molecule has 3 N–H and O–H groups in total. The van der Waals surface area contributed by atoms with Gasteiger partial charge in [0.2, 0.25) is 0 Å². The van der Waals surface area contributed by atoms with Crippen LogP contribution in [0.3, 0.4) is 0 Å². The molecule has 3 aromatic rings. The Morgan fingerprint density at radius 1 is 0.970 bits per heavy atom. The molecule has 6 nitrogen and oxygen atoms in total. The van der Waals surface area contributed by atoms with E-state index in [1.54, 1.807) is 11.8 Å². The molecule has 1 fully saturated rings. The van der Waals surface area contributed by atoms with Crippen LogP contribution in [0.4, 0.5) is 4.79 Å².